The number of benzene rings is 2. The number of likely N-dealkylation sites (tertiary alicyclic amines) is 1. The summed E-state index contributed by atoms with van der Waals surface area (Å²) in [5, 5.41) is 9.79. The number of anilines is 2. The van der Waals surface area contributed by atoms with E-state index in [1.165, 1.54) is 0 Å². The lowest BCUT2D eigenvalue weighted by Crippen LogP contribution is -2.33. The van der Waals surface area contributed by atoms with E-state index in [2.05, 4.69) is 15.8 Å². The zero-order valence-electron chi connectivity index (χ0n) is 15.4. The van der Waals surface area contributed by atoms with Gasteiger partial charge in [-0.1, -0.05) is 47.6 Å². The quantitative estimate of drug-likeness (QED) is 0.855. The zero-order valence-corrected chi connectivity index (χ0v) is 15.4. The molecule has 2 aromatic carbocycles. The molecule has 2 aromatic rings. The fourth-order valence-corrected chi connectivity index (χ4v) is 3.35. The first-order valence-corrected chi connectivity index (χ1v) is 9.44. The number of hydrogen-bond acceptors (Lipinski definition) is 4. The Bertz CT molecular complexity index is 892. The van der Waals surface area contributed by atoms with Crippen molar-refractivity contribution in [3.05, 3.63) is 60.2 Å². The van der Waals surface area contributed by atoms with Gasteiger partial charge in [0.1, 0.15) is 0 Å². The maximum absolute atomic E-state index is 12.7. The van der Waals surface area contributed by atoms with Crippen LogP contribution in [0.3, 0.4) is 0 Å². The van der Waals surface area contributed by atoms with Crippen molar-refractivity contribution < 1.29 is 14.4 Å². The molecule has 0 unspecified atom stereocenters. The number of carbonyl (C=O) groups is 2. The molecule has 2 heterocycles. The summed E-state index contributed by atoms with van der Waals surface area (Å²) in [6, 6.07) is 16.6. The van der Waals surface area contributed by atoms with Gasteiger partial charge in [-0.3, -0.25) is 4.79 Å². The fourth-order valence-electron chi connectivity index (χ4n) is 3.35. The van der Waals surface area contributed by atoms with E-state index in [1.807, 2.05) is 42.5 Å². The summed E-state index contributed by atoms with van der Waals surface area (Å²) in [5.41, 5.74) is 2.79. The highest BCUT2D eigenvalue weighted by molar-refractivity contribution is 6.07. The Hall–Kier alpha value is -3.35. The van der Waals surface area contributed by atoms with Crippen molar-refractivity contribution in [2.45, 2.75) is 25.4 Å². The lowest BCUT2D eigenvalue weighted by molar-refractivity contribution is -0.125. The third kappa shape index (κ3) is 3.98. The number of hydrogen-bond donors (Lipinski definition) is 2. The third-order valence-corrected chi connectivity index (χ3v) is 4.89. The molecular formula is C21H22N4O3. The largest absolute Gasteiger partial charge is 0.382 e. The van der Waals surface area contributed by atoms with E-state index in [9.17, 15) is 9.59 Å². The molecule has 7 nitrogen and oxygen atoms in total. The molecule has 7 heteroatoms. The molecule has 2 N–H and O–H groups in total. The molecule has 144 valence electrons. The number of urea groups is 1. The van der Waals surface area contributed by atoms with E-state index in [4.69, 9.17) is 4.84 Å². The Morgan fingerprint density at radius 3 is 2.29 bits per heavy atom. The van der Waals surface area contributed by atoms with Gasteiger partial charge >= 0.3 is 6.03 Å². The standard InChI is InChI=1S/C21H22N4O3/c26-20(19-14-18(24-28-19)15-8-2-1-3-9-15)22-16-10-4-5-11-17(16)23-21(27)25-12-6-7-13-25/h1-5,8-11,19H,6-7,12-14H2,(H,22,26)(H,23,27)/t19-/m0/s1. The molecule has 0 saturated carbocycles. The molecule has 1 fully saturated rings. The van der Waals surface area contributed by atoms with Gasteiger partial charge in [0, 0.05) is 19.5 Å². The molecule has 3 amide bonds. The van der Waals surface area contributed by atoms with Crippen molar-refractivity contribution in [3.8, 4) is 0 Å². The van der Waals surface area contributed by atoms with E-state index in [0.717, 1.165) is 37.2 Å². The van der Waals surface area contributed by atoms with Gasteiger partial charge in [-0.2, -0.15) is 0 Å². The van der Waals surface area contributed by atoms with Crippen LogP contribution >= 0.6 is 0 Å². The van der Waals surface area contributed by atoms with Crippen LogP contribution in [0.2, 0.25) is 0 Å². The molecule has 2 aliphatic heterocycles. The second kappa shape index (κ2) is 8.12. The highest BCUT2D eigenvalue weighted by Gasteiger charge is 2.29. The van der Waals surface area contributed by atoms with Crippen LogP contribution in [-0.2, 0) is 9.63 Å². The second-order valence-electron chi connectivity index (χ2n) is 6.86. The summed E-state index contributed by atoms with van der Waals surface area (Å²) in [6.07, 6.45) is 1.75. The average molecular weight is 378 g/mol. The van der Waals surface area contributed by atoms with Gasteiger partial charge in [-0.15, -0.1) is 0 Å². The van der Waals surface area contributed by atoms with E-state index in [-0.39, 0.29) is 11.9 Å². The number of nitrogens with zero attached hydrogens (tertiary/aromatic N) is 2. The van der Waals surface area contributed by atoms with Crippen LogP contribution < -0.4 is 10.6 Å². The Balaban J connectivity index is 1.39. The summed E-state index contributed by atoms with van der Waals surface area (Å²) >= 11 is 0. The topological polar surface area (TPSA) is 83.0 Å². The van der Waals surface area contributed by atoms with Crippen LogP contribution in [-0.4, -0.2) is 41.7 Å². The first-order valence-electron chi connectivity index (χ1n) is 9.44. The molecule has 1 atom stereocenters. The zero-order chi connectivity index (χ0) is 19.3. The van der Waals surface area contributed by atoms with Gasteiger partial charge in [0.15, 0.2) is 0 Å². The van der Waals surface area contributed by atoms with Gasteiger partial charge in [0.2, 0.25) is 6.10 Å². The van der Waals surface area contributed by atoms with E-state index < -0.39 is 6.10 Å². The van der Waals surface area contributed by atoms with Crippen molar-refractivity contribution in [3.63, 3.8) is 0 Å². The van der Waals surface area contributed by atoms with E-state index in [0.29, 0.717) is 17.8 Å². The van der Waals surface area contributed by atoms with Crippen molar-refractivity contribution in [1.29, 1.82) is 0 Å². The molecule has 0 radical (unpaired) electrons. The van der Waals surface area contributed by atoms with Crippen LogP contribution in [0.5, 0.6) is 0 Å². The minimum absolute atomic E-state index is 0.147. The fraction of sp³-hybridized carbons (Fsp3) is 0.286. The molecule has 28 heavy (non-hydrogen) atoms. The molecule has 0 aromatic heterocycles. The molecule has 0 aliphatic carbocycles. The lowest BCUT2D eigenvalue weighted by Gasteiger charge is -2.18. The van der Waals surface area contributed by atoms with Crippen LogP contribution in [0.4, 0.5) is 16.2 Å². The molecule has 4 rings (SSSR count). The summed E-state index contributed by atoms with van der Waals surface area (Å²) in [4.78, 5) is 32.1. The number of para-hydroxylation sites is 2. The van der Waals surface area contributed by atoms with E-state index >= 15 is 0 Å². The SMILES string of the molecule is O=C(Nc1ccccc1NC(=O)N1CCCC1)[C@@H]1CC(c2ccccc2)=NO1. The Labute approximate surface area is 163 Å². The van der Waals surface area contributed by atoms with Crippen LogP contribution in [0, 0.1) is 0 Å². The summed E-state index contributed by atoms with van der Waals surface area (Å²) in [6.45, 7) is 1.52. The summed E-state index contributed by atoms with van der Waals surface area (Å²) in [7, 11) is 0. The van der Waals surface area contributed by atoms with E-state index in [1.54, 1.807) is 17.0 Å². The van der Waals surface area contributed by atoms with Gasteiger partial charge in [-0.25, -0.2) is 4.79 Å². The Morgan fingerprint density at radius 1 is 0.929 bits per heavy atom. The lowest BCUT2D eigenvalue weighted by atomic mass is 10.0. The number of rotatable bonds is 4. The summed E-state index contributed by atoms with van der Waals surface area (Å²) < 4.78 is 0. The number of oxime groups is 1. The third-order valence-electron chi connectivity index (χ3n) is 4.89. The first-order chi connectivity index (χ1) is 13.7. The van der Waals surface area contributed by atoms with Crippen LogP contribution in [0.15, 0.2) is 59.8 Å². The predicted octanol–water partition coefficient (Wildman–Crippen LogP) is 3.45. The number of amides is 3. The maximum atomic E-state index is 12.7. The van der Waals surface area contributed by atoms with Crippen LogP contribution in [0.25, 0.3) is 0 Å². The highest BCUT2D eigenvalue weighted by Crippen LogP contribution is 2.24. The minimum atomic E-state index is -0.697. The molecule has 0 spiro atoms. The van der Waals surface area contributed by atoms with Crippen molar-refractivity contribution in [2.24, 2.45) is 5.16 Å². The first kappa shape index (κ1) is 18.0. The Morgan fingerprint density at radius 2 is 1.57 bits per heavy atom. The summed E-state index contributed by atoms with van der Waals surface area (Å²) in [5.74, 6) is -0.294. The van der Waals surface area contributed by atoms with Gasteiger partial charge in [-0.05, 0) is 30.5 Å². The monoisotopic (exact) mass is 378 g/mol. The second-order valence-corrected chi connectivity index (χ2v) is 6.86. The number of carbonyl (C=O) groups excluding carboxylic acids is 2. The molecule has 0 bridgehead atoms. The van der Waals surface area contributed by atoms with Crippen molar-refractivity contribution in [2.75, 3.05) is 23.7 Å². The maximum Gasteiger partial charge on any atom is 0.321 e. The predicted molar refractivity (Wildman–Crippen MR) is 107 cm³/mol. The molecule has 2 aliphatic rings. The molecule has 1 saturated heterocycles. The van der Waals surface area contributed by atoms with Crippen LogP contribution in [0.1, 0.15) is 24.8 Å². The Kier molecular flexibility index (Phi) is 5.23. The van der Waals surface area contributed by atoms with Gasteiger partial charge in [0.25, 0.3) is 5.91 Å². The van der Waals surface area contributed by atoms with Gasteiger partial charge in [0.05, 0.1) is 17.1 Å². The number of nitrogens with one attached hydrogen (secondary N) is 2. The van der Waals surface area contributed by atoms with Crippen molar-refractivity contribution >= 4 is 29.0 Å². The average Bonchev–Trinajstić information content (AvgIpc) is 3.42. The van der Waals surface area contributed by atoms with Gasteiger partial charge < -0.3 is 20.4 Å². The molecular weight excluding hydrogens is 356 g/mol. The van der Waals surface area contributed by atoms with Crippen molar-refractivity contribution in [1.82, 2.24) is 4.90 Å². The highest BCUT2D eigenvalue weighted by atomic mass is 16.6. The normalized spacial score (nSPS) is 18.4. The minimum Gasteiger partial charge on any atom is -0.382 e. The smallest absolute Gasteiger partial charge is 0.321 e.